The fraction of sp³-hybridized carbons (Fsp3) is 0.692. The average Bonchev–Trinajstić information content (AvgIpc) is 3.05. The molecule has 1 amide bonds. The number of hydrogen-bond donors (Lipinski definition) is 2. The van der Waals surface area contributed by atoms with E-state index in [1.165, 1.54) is 12.8 Å². The third-order valence-corrected chi connectivity index (χ3v) is 4.00. The number of carbonyl (C=O) groups is 1. The van der Waals surface area contributed by atoms with Gasteiger partial charge in [0, 0.05) is 24.4 Å². The van der Waals surface area contributed by atoms with Gasteiger partial charge in [-0.15, -0.1) is 36.2 Å². The second-order valence-electron chi connectivity index (χ2n) is 5.38. The monoisotopic (exact) mass is 339 g/mol. The standard InChI is InChI=1S/C13H21N3OS.2ClH/c1-8(2)5-12-15-11(7-18-12)13(17)16-10(6-14)9-3-4-9;;/h7-10H,3-6,14H2,1-2H3,(H,16,17);2*1H. The van der Waals surface area contributed by atoms with Gasteiger partial charge in [-0.2, -0.15) is 0 Å². The molecule has 1 atom stereocenters. The Labute approximate surface area is 136 Å². The van der Waals surface area contributed by atoms with Crippen LogP contribution in [0, 0.1) is 11.8 Å². The van der Waals surface area contributed by atoms with Gasteiger partial charge in [0.2, 0.25) is 0 Å². The molecular weight excluding hydrogens is 317 g/mol. The fourth-order valence-corrected chi connectivity index (χ4v) is 2.96. The molecule has 1 aliphatic carbocycles. The van der Waals surface area contributed by atoms with E-state index < -0.39 is 0 Å². The lowest BCUT2D eigenvalue weighted by molar-refractivity contribution is 0.0929. The third kappa shape index (κ3) is 5.56. The number of aromatic nitrogens is 1. The first-order valence-corrected chi connectivity index (χ1v) is 7.43. The summed E-state index contributed by atoms with van der Waals surface area (Å²) in [4.78, 5) is 16.4. The number of hydrogen-bond acceptors (Lipinski definition) is 4. The third-order valence-electron chi connectivity index (χ3n) is 3.13. The summed E-state index contributed by atoms with van der Waals surface area (Å²) in [6, 6.07) is 0.118. The number of nitrogens with zero attached hydrogens (tertiary/aromatic N) is 1. The minimum absolute atomic E-state index is 0. The Balaban J connectivity index is 0.00000180. The Kier molecular flexibility index (Phi) is 8.66. The summed E-state index contributed by atoms with van der Waals surface area (Å²) in [7, 11) is 0. The van der Waals surface area contributed by atoms with Crippen LogP contribution in [-0.2, 0) is 6.42 Å². The number of rotatable bonds is 6. The van der Waals surface area contributed by atoms with Crippen molar-refractivity contribution in [2.45, 2.75) is 39.2 Å². The van der Waals surface area contributed by atoms with Crippen molar-refractivity contribution in [3.63, 3.8) is 0 Å². The van der Waals surface area contributed by atoms with Crippen molar-refractivity contribution in [2.24, 2.45) is 17.6 Å². The molecule has 1 aliphatic rings. The summed E-state index contributed by atoms with van der Waals surface area (Å²) in [5.41, 5.74) is 6.22. The van der Waals surface area contributed by atoms with Gasteiger partial charge in [0.25, 0.3) is 5.91 Å². The minimum Gasteiger partial charge on any atom is -0.346 e. The lowest BCUT2D eigenvalue weighted by atomic mass is 10.1. The molecule has 1 fully saturated rings. The highest BCUT2D eigenvalue weighted by atomic mass is 35.5. The number of carbonyl (C=O) groups excluding carboxylic acids is 1. The van der Waals surface area contributed by atoms with Crippen LogP contribution in [-0.4, -0.2) is 23.5 Å². The number of halogens is 2. The molecule has 1 aromatic rings. The van der Waals surface area contributed by atoms with Crippen LogP contribution in [0.15, 0.2) is 5.38 Å². The van der Waals surface area contributed by atoms with Gasteiger partial charge in [-0.1, -0.05) is 13.8 Å². The second-order valence-corrected chi connectivity index (χ2v) is 6.32. The first-order valence-electron chi connectivity index (χ1n) is 6.55. The molecule has 1 unspecified atom stereocenters. The largest absolute Gasteiger partial charge is 0.346 e. The van der Waals surface area contributed by atoms with Gasteiger partial charge in [0.15, 0.2) is 0 Å². The maximum absolute atomic E-state index is 12.0. The Morgan fingerprint density at radius 2 is 2.15 bits per heavy atom. The number of nitrogens with one attached hydrogen (secondary N) is 1. The zero-order valence-corrected chi connectivity index (χ0v) is 14.2. The van der Waals surface area contributed by atoms with Crippen molar-refractivity contribution in [3.05, 3.63) is 16.1 Å². The number of amides is 1. The molecular formula is C13H23Cl2N3OS. The van der Waals surface area contributed by atoms with Crippen molar-refractivity contribution >= 4 is 42.1 Å². The molecule has 0 radical (unpaired) electrons. The molecule has 7 heteroatoms. The lowest BCUT2D eigenvalue weighted by Gasteiger charge is -2.14. The first-order chi connectivity index (χ1) is 8.60. The van der Waals surface area contributed by atoms with Gasteiger partial charge >= 0.3 is 0 Å². The van der Waals surface area contributed by atoms with Crippen molar-refractivity contribution in [2.75, 3.05) is 6.54 Å². The van der Waals surface area contributed by atoms with E-state index >= 15 is 0 Å². The Hall–Kier alpha value is -0.360. The van der Waals surface area contributed by atoms with E-state index in [9.17, 15) is 4.79 Å². The molecule has 20 heavy (non-hydrogen) atoms. The highest BCUT2D eigenvalue weighted by Crippen LogP contribution is 2.32. The molecule has 3 N–H and O–H groups in total. The summed E-state index contributed by atoms with van der Waals surface area (Å²) >= 11 is 1.56. The number of thiazole rings is 1. The minimum atomic E-state index is -0.0800. The van der Waals surface area contributed by atoms with Crippen LogP contribution in [0.1, 0.15) is 42.2 Å². The van der Waals surface area contributed by atoms with Crippen LogP contribution in [0.2, 0.25) is 0 Å². The van der Waals surface area contributed by atoms with E-state index in [1.807, 2.05) is 5.38 Å². The first kappa shape index (κ1) is 19.6. The second kappa shape index (κ2) is 8.82. The predicted octanol–water partition coefficient (Wildman–Crippen LogP) is 2.65. The summed E-state index contributed by atoms with van der Waals surface area (Å²) in [6.45, 7) is 4.82. The van der Waals surface area contributed by atoms with Crippen LogP contribution < -0.4 is 11.1 Å². The zero-order chi connectivity index (χ0) is 13.1. The van der Waals surface area contributed by atoms with Crippen LogP contribution in [0.5, 0.6) is 0 Å². The van der Waals surface area contributed by atoms with Crippen LogP contribution in [0.4, 0.5) is 0 Å². The maximum Gasteiger partial charge on any atom is 0.271 e. The molecule has 1 heterocycles. The highest BCUT2D eigenvalue weighted by Gasteiger charge is 2.31. The summed E-state index contributed by atoms with van der Waals surface area (Å²) in [6.07, 6.45) is 3.29. The van der Waals surface area contributed by atoms with Gasteiger partial charge in [-0.25, -0.2) is 4.98 Å². The smallest absolute Gasteiger partial charge is 0.271 e. The number of nitrogens with two attached hydrogens (primary N) is 1. The molecule has 116 valence electrons. The quantitative estimate of drug-likeness (QED) is 0.837. The van der Waals surface area contributed by atoms with Gasteiger partial charge in [-0.3, -0.25) is 4.79 Å². The average molecular weight is 340 g/mol. The molecule has 4 nitrogen and oxygen atoms in total. The molecule has 2 rings (SSSR count). The molecule has 0 aromatic carbocycles. The van der Waals surface area contributed by atoms with Crippen molar-refractivity contribution in [3.8, 4) is 0 Å². The van der Waals surface area contributed by atoms with E-state index in [1.54, 1.807) is 11.3 Å². The lowest BCUT2D eigenvalue weighted by Crippen LogP contribution is -2.41. The zero-order valence-electron chi connectivity index (χ0n) is 11.8. The van der Waals surface area contributed by atoms with Gasteiger partial charge in [0.1, 0.15) is 5.69 Å². The molecule has 0 spiro atoms. The summed E-state index contributed by atoms with van der Waals surface area (Å²) < 4.78 is 0. The maximum atomic E-state index is 12.0. The van der Waals surface area contributed by atoms with E-state index in [2.05, 4.69) is 24.1 Å². The van der Waals surface area contributed by atoms with Crippen molar-refractivity contribution in [1.82, 2.24) is 10.3 Å². The van der Waals surface area contributed by atoms with Crippen LogP contribution in [0.3, 0.4) is 0 Å². The van der Waals surface area contributed by atoms with Gasteiger partial charge in [-0.05, 0) is 24.7 Å². The molecule has 0 aliphatic heterocycles. The highest BCUT2D eigenvalue weighted by molar-refractivity contribution is 7.09. The van der Waals surface area contributed by atoms with E-state index in [-0.39, 0.29) is 36.8 Å². The summed E-state index contributed by atoms with van der Waals surface area (Å²) in [5, 5.41) is 5.87. The Morgan fingerprint density at radius 3 is 2.65 bits per heavy atom. The Morgan fingerprint density at radius 1 is 1.50 bits per heavy atom. The Bertz CT molecular complexity index is 422. The van der Waals surface area contributed by atoms with Gasteiger partial charge < -0.3 is 11.1 Å². The van der Waals surface area contributed by atoms with Crippen molar-refractivity contribution < 1.29 is 4.79 Å². The van der Waals surface area contributed by atoms with Crippen LogP contribution >= 0.6 is 36.2 Å². The van der Waals surface area contributed by atoms with Crippen LogP contribution in [0.25, 0.3) is 0 Å². The molecule has 0 bridgehead atoms. The van der Waals surface area contributed by atoms with E-state index in [4.69, 9.17) is 5.73 Å². The molecule has 1 saturated carbocycles. The van der Waals surface area contributed by atoms with Gasteiger partial charge in [0.05, 0.1) is 5.01 Å². The topological polar surface area (TPSA) is 68.0 Å². The summed E-state index contributed by atoms with van der Waals surface area (Å²) in [5.74, 6) is 1.06. The predicted molar refractivity (Wildman–Crippen MR) is 88.2 cm³/mol. The SMILES string of the molecule is CC(C)Cc1nc(C(=O)NC(CN)C2CC2)cs1.Cl.Cl. The molecule has 0 saturated heterocycles. The normalized spacial score (nSPS) is 15.2. The molecule has 1 aromatic heterocycles. The van der Waals surface area contributed by atoms with E-state index in [0.717, 1.165) is 11.4 Å². The van der Waals surface area contributed by atoms with Crippen molar-refractivity contribution in [1.29, 1.82) is 0 Å². The van der Waals surface area contributed by atoms with E-state index in [0.29, 0.717) is 24.1 Å². The fourth-order valence-electron chi connectivity index (χ4n) is 1.97.